The maximum atomic E-state index is 5.87. The standard InChI is InChI=1S/C14H19N3O2/c1-9(2)18-14-7-11(4-5-13(14)15)16-8-12-6-10(3)17-19-12/h4-7,9,16H,8,15H2,1-3H3. The molecule has 1 aromatic carbocycles. The summed E-state index contributed by atoms with van der Waals surface area (Å²) in [7, 11) is 0. The lowest BCUT2D eigenvalue weighted by molar-refractivity contribution is 0.244. The monoisotopic (exact) mass is 261 g/mol. The molecule has 3 N–H and O–H groups in total. The molecule has 0 amide bonds. The van der Waals surface area contributed by atoms with Crippen LogP contribution in [0, 0.1) is 6.92 Å². The fraction of sp³-hybridized carbons (Fsp3) is 0.357. The molecule has 1 heterocycles. The highest BCUT2D eigenvalue weighted by atomic mass is 16.5. The van der Waals surface area contributed by atoms with Gasteiger partial charge in [0.05, 0.1) is 24.0 Å². The Balaban J connectivity index is 2.04. The van der Waals surface area contributed by atoms with Crippen molar-refractivity contribution in [1.29, 1.82) is 0 Å². The molecule has 0 radical (unpaired) electrons. The van der Waals surface area contributed by atoms with Crippen LogP contribution in [0.5, 0.6) is 5.75 Å². The average Bonchev–Trinajstić information content (AvgIpc) is 2.75. The van der Waals surface area contributed by atoms with Gasteiger partial charge in [-0.1, -0.05) is 5.16 Å². The third-order valence-electron chi connectivity index (χ3n) is 2.52. The number of nitrogen functional groups attached to an aromatic ring is 1. The van der Waals surface area contributed by atoms with Gasteiger partial charge < -0.3 is 20.3 Å². The van der Waals surface area contributed by atoms with Gasteiger partial charge in [-0.2, -0.15) is 0 Å². The zero-order valence-electron chi connectivity index (χ0n) is 11.4. The third kappa shape index (κ3) is 3.64. The highest BCUT2D eigenvalue weighted by Crippen LogP contribution is 2.26. The second-order valence-corrected chi connectivity index (χ2v) is 4.71. The minimum atomic E-state index is 0.0921. The van der Waals surface area contributed by atoms with E-state index in [1.807, 2.05) is 45.0 Å². The largest absolute Gasteiger partial charge is 0.489 e. The number of nitrogens with zero attached hydrogens (tertiary/aromatic N) is 1. The van der Waals surface area contributed by atoms with Gasteiger partial charge in [0.15, 0.2) is 5.76 Å². The zero-order chi connectivity index (χ0) is 13.8. The van der Waals surface area contributed by atoms with Gasteiger partial charge in [-0.25, -0.2) is 0 Å². The molecule has 0 saturated heterocycles. The molecule has 0 unspecified atom stereocenters. The number of benzene rings is 1. The maximum absolute atomic E-state index is 5.87. The second kappa shape index (κ2) is 5.65. The van der Waals surface area contributed by atoms with E-state index in [4.69, 9.17) is 15.0 Å². The van der Waals surface area contributed by atoms with Crippen LogP contribution in [0.4, 0.5) is 11.4 Å². The molecule has 0 spiro atoms. The number of hydrogen-bond acceptors (Lipinski definition) is 5. The Morgan fingerprint density at radius 2 is 2.16 bits per heavy atom. The van der Waals surface area contributed by atoms with Crippen LogP contribution in [0.25, 0.3) is 0 Å². The third-order valence-corrected chi connectivity index (χ3v) is 2.52. The van der Waals surface area contributed by atoms with E-state index in [-0.39, 0.29) is 6.10 Å². The number of hydrogen-bond donors (Lipinski definition) is 2. The summed E-state index contributed by atoms with van der Waals surface area (Å²) < 4.78 is 10.8. The van der Waals surface area contributed by atoms with E-state index in [0.29, 0.717) is 18.0 Å². The Morgan fingerprint density at radius 3 is 2.79 bits per heavy atom. The summed E-state index contributed by atoms with van der Waals surface area (Å²) in [5.74, 6) is 1.48. The maximum Gasteiger partial charge on any atom is 0.156 e. The lowest BCUT2D eigenvalue weighted by Crippen LogP contribution is -2.08. The van der Waals surface area contributed by atoms with Gasteiger partial charge in [-0.3, -0.25) is 0 Å². The predicted octanol–water partition coefficient (Wildman–Crippen LogP) is 2.96. The number of aryl methyl sites for hydroxylation is 1. The van der Waals surface area contributed by atoms with E-state index < -0.39 is 0 Å². The van der Waals surface area contributed by atoms with Crippen LogP contribution in [0.2, 0.25) is 0 Å². The first kappa shape index (κ1) is 13.3. The van der Waals surface area contributed by atoms with Crippen LogP contribution in [0.1, 0.15) is 25.3 Å². The summed E-state index contributed by atoms with van der Waals surface area (Å²) in [6.45, 7) is 6.41. The van der Waals surface area contributed by atoms with Crippen molar-refractivity contribution in [3.05, 3.63) is 35.7 Å². The predicted molar refractivity (Wildman–Crippen MR) is 75.2 cm³/mol. The quantitative estimate of drug-likeness (QED) is 0.809. The first-order valence-corrected chi connectivity index (χ1v) is 6.27. The highest BCUT2D eigenvalue weighted by molar-refractivity contribution is 5.61. The Kier molecular flexibility index (Phi) is 3.94. The molecule has 2 aromatic rings. The number of nitrogens with one attached hydrogen (secondary N) is 1. The van der Waals surface area contributed by atoms with Gasteiger partial charge >= 0.3 is 0 Å². The molecular formula is C14H19N3O2. The topological polar surface area (TPSA) is 73.3 Å². The number of anilines is 2. The molecule has 0 aliphatic carbocycles. The lowest BCUT2D eigenvalue weighted by atomic mass is 10.2. The molecule has 102 valence electrons. The molecule has 5 nitrogen and oxygen atoms in total. The summed E-state index contributed by atoms with van der Waals surface area (Å²) >= 11 is 0. The second-order valence-electron chi connectivity index (χ2n) is 4.71. The van der Waals surface area contributed by atoms with Crippen molar-refractivity contribution in [1.82, 2.24) is 5.16 Å². The van der Waals surface area contributed by atoms with E-state index in [2.05, 4.69) is 10.5 Å². The van der Waals surface area contributed by atoms with E-state index in [1.165, 1.54) is 0 Å². The highest BCUT2D eigenvalue weighted by Gasteiger charge is 2.05. The molecule has 19 heavy (non-hydrogen) atoms. The molecule has 0 bridgehead atoms. The first-order valence-electron chi connectivity index (χ1n) is 6.27. The van der Waals surface area contributed by atoms with Crippen LogP contribution in [-0.2, 0) is 6.54 Å². The number of aromatic nitrogens is 1. The van der Waals surface area contributed by atoms with Crippen molar-refractivity contribution in [2.45, 2.75) is 33.4 Å². The van der Waals surface area contributed by atoms with Crippen molar-refractivity contribution in [2.24, 2.45) is 0 Å². The van der Waals surface area contributed by atoms with Crippen molar-refractivity contribution in [2.75, 3.05) is 11.1 Å². The Morgan fingerprint density at radius 1 is 1.37 bits per heavy atom. The number of nitrogens with two attached hydrogens (primary N) is 1. The minimum absolute atomic E-state index is 0.0921. The Bertz CT molecular complexity index is 549. The van der Waals surface area contributed by atoms with Crippen LogP contribution in [-0.4, -0.2) is 11.3 Å². The molecule has 0 saturated carbocycles. The van der Waals surface area contributed by atoms with Crippen molar-refractivity contribution >= 4 is 11.4 Å². The van der Waals surface area contributed by atoms with Gasteiger partial charge in [-0.05, 0) is 32.9 Å². The van der Waals surface area contributed by atoms with Crippen molar-refractivity contribution < 1.29 is 9.26 Å². The Labute approximate surface area is 112 Å². The fourth-order valence-electron chi connectivity index (χ4n) is 1.69. The fourth-order valence-corrected chi connectivity index (χ4v) is 1.69. The molecule has 5 heteroatoms. The molecule has 0 fully saturated rings. The van der Waals surface area contributed by atoms with Gasteiger partial charge in [0, 0.05) is 17.8 Å². The summed E-state index contributed by atoms with van der Waals surface area (Å²) in [5, 5.41) is 7.09. The van der Waals surface area contributed by atoms with Gasteiger partial charge in [0.25, 0.3) is 0 Å². The smallest absolute Gasteiger partial charge is 0.156 e. The minimum Gasteiger partial charge on any atom is -0.489 e. The van der Waals surface area contributed by atoms with Crippen molar-refractivity contribution in [3.8, 4) is 5.75 Å². The first-order chi connectivity index (χ1) is 9.04. The van der Waals surface area contributed by atoms with E-state index in [0.717, 1.165) is 17.1 Å². The van der Waals surface area contributed by atoms with Crippen LogP contribution in [0.3, 0.4) is 0 Å². The van der Waals surface area contributed by atoms with Gasteiger partial charge in [0.1, 0.15) is 5.75 Å². The van der Waals surface area contributed by atoms with Crippen LogP contribution >= 0.6 is 0 Å². The average molecular weight is 261 g/mol. The number of ether oxygens (including phenoxy) is 1. The zero-order valence-corrected chi connectivity index (χ0v) is 11.4. The van der Waals surface area contributed by atoms with Gasteiger partial charge in [-0.15, -0.1) is 0 Å². The molecule has 0 aliphatic heterocycles. The molecule has 2 rings (SSSR count). The van der Waals surface area contributed by atoms with E-state index >= 15 is 0 Å². The molecule has 0 aliphatic rings. The normalized spacial score (nSPS) is 10.7. The molecule has 1 aromatic heterocycles. The van der Waals surface area contributed by atoms with Crippen LogP contribution < -0.4 is 15.8 Å². The lowest BCUT2D eigenvalue weighted by Gasteiger charge is -2.13. The summed E-state index contributed by atoms with van der Waals surface area (Å²) in [5.41, 5.74) is 8.30. The van der Waals surface area contributed by atoms with Crippen LogP contribution in [0.15, 0.2) is 28.8 Å². The SMILES string of the molecule is Cc1cc(CNc2ccc(N)c(OC(C)C)c2)on1. The van der Waals surface area contributed by atoms with E-state index in [1.54, 1.807) is 0 Å². The molecule has 0 atom stereocenters. The summed E-state index contributed by atoms with van der Waals surface area (Å²) in [4.78, 5) is 0. The summed E-state index contributed by atoms with van der Waals surface area (Å²) in [6.07, 6.45) is 0.0921. The van der Waals surface area contributed by atoms with Crippen molar-refractivity contribution in [3.63, 3.8) is 0 Å². The number of rotatable bonds is 5. The van der Waals surface area contributed by atoms with Gasteiger partial charge in [0.2, 0.25) is 0 Å². The Hall–Kier alpha value is -2.17. The van der Waals surface area contributed by atoms with E-state index in [9.17, 15) is 0 Å². The summed E-state index contributed by atoms with van der Waals surface area (Å²) in [6, 6.07) is 7.52. The molecular weight excluding hydrogens is 242 g/mol.